The molecule has 1 aliphatic carbocycles. The maximum atomic E-state index is 11.3. The molecule has 1 aliphatic rings. The van der Waals surface area contributed by atoms with Crippen molar-refractivity contribution in [2.24, 2.45) is 5.73 Å². The highest BCUT2D eigenvalue weighted by atomic mass is 16.5. The number of carbonyl (C=O) groups is 1. The van der Waals surface area contributed by atoms with Gasteiger partial charge >= 0.3 is 0 Å². The van der Waals surface area contributed by atoms with E-state index < -0.39 is 5.91 Å². The van der Waals surface area contributed by atoms with E-state index in [1.54, 1.807) is 6.20 Å². The molecule has 0 saturated heterocycles. The zero-order valence-electron chi connectivity index (χ0n) is 10.4. The number of H-pyrrole nitrogens is 1. The average molecular weight is 262 g/mol. The molecule has 0 radical (unpaired) electrons. The van der Waals surface area contributed by atoms with Crippen molar-refractivity contribution < 1.29 is 9.32 Å². The monoisotopic (exact) mass is 262 g/mol. The third kappa shape index (κ3) is 1.89. The van der Waals surface area contributed by atoms with Crippen LogP contribution in [0.4, 0.5) is 0 Å². The lowest BCUT2D eigenvalue weighted by Crippen LogP contribution is -2.44. The minimum absolute atomic E-state index is 0.0141. The van der Waals surface area contributed by atoms with Crippen LogP contribution in [-0.2, 0) is 5.54 Å². The number of nitrogens with zero attached hydrogens (tertiary/aromatic N) is 3. The molecular formula is C11H14N6O2. The summed E-state index contributed by atoms with van der Waals surface area (Å²) in [4.78, 5) is 22.7. The van der Waals surface area contributed by atoms with Gasteiger partial charge in [-0.3, -0.25) is 4.79 Å². The Morgan fingerprint density at radius 3 is 3.00 bits per heavy atom. The zero-order valence-corrected chi connectivity index (χ0v) is 10.4. The second kappa shape index (κ2) is 4.16. The van der Waals surface area contributed by atoms with E-state index in [1.165, 1.54) is 7.05 Å². The van der Waals surface area contributed by atoms with Crippen molar-refractivity contribution >= 4 is 5.91 Å². The first-order valence-corrected chi connectivity index (χ1v) is 6.03. The van der Waals surface area contributed by atoms with Crippen LogP contribution in [0.1, 0.15) is 35.7 Å². The van der Waals surface area contributed by atoms with E-state index >= 15 is 0 Å². The predicted octanol–water partition coefficient (Wildman–Crippen LogP) is 0.157. The van der Waals surface area contributed by atoms with Gasteiger partial charge in [0, 0.05) is 7.05 Å². The van der Waals surface area contributed by atoms with Crippen LogP contribution in [0.15, 0.2) is 10.7 Å². The molecule has 8 heteroatoms. The van der Waals surface area contributed by atoms with Crippen molar-refractivity contribution in [2.75, 3.05) is 7.05 Å². The molecule has 0 unspecified atom stereocenters. The number of amides is 1. The fourth-order valence-electron chi connectivity index (χ4n) is 2.01. The molecule has 4 N–H and O–H groups in total. The molecule has 19 heavy (non-hydrogen) atoms. The molecule has 3 rings (SSSR count). The van der Waals surface area contributed by atoms with Gasteiger partial charge in [0.25, 0.3) is 17.6 Å². The quantitative estimate of drug-likeness (QED) is 0.724. The number of hydrogen-bond acceptors (Lipinski definition) is 6. The zero-order chi connectivity index (χ0) is 13.5. The van der Waals surface area contributed by atoms with Gasteiger partial charge in [0.1, 0.15) is 11.5 Å². The summed E-state index contributed by atoms with van der Waals surface area (Å²) in [5, 5.41) is 6.02. The highest BCUT2D eigenvalue weighted by molar-refractivity contribution is 5.90. The van der Waals surface area contributed by atoms with Gasteiger partial charge in [0.2, 0.25) is 0 Å². The molecule has 2 aromatic rings. The standard InChI is InChI=1S/C11H14N6O2/c1-13-8(18)7-16-9(19-17-7)6-5-14-10(15-6)11(12)3-2-4-11/h5H,2-4,12H2,1H3,(H,13,18)(H,14,15). The van der Waals surface area contributed by atoms with Crippen molar-refractivity contribution in [3.8, 4) is 11.6 Å². The number of nitrogens with two attached hydrogens (primary N) is 1. The summed E-state index contributed by atoms with van der Waals surface area (Å²) >= 11 is 0. The molecule has 0 bridgehead atoms. The Hall–Kier alpha value is -2.22. The maximum Gasteiger partial charge on any atom is 0.292 e. The van der Waals surface area contributed by atoms with E-state index in [4.69, 9.17) is 10.3 Å². The minimum Gasteiger partial charge on any atom is -0.352 e. The number of nitrogens with one attached hydrogen (secondary N) is 2. The molecule has 0 aromatic carbocycles. The van der Waals surface area contributed by atoms with Gasteiger partial charge in [-0.15, -0.1) is 0 Å². The molecule has 2 aromatic heterocycles. The van der Waals surface area contributed by atoms with Gasteiger partial charge in [-0.25, -0.2) is 4.98 Å². The third-order valence-electron chi connectivity index (χ3n) is 3.38. The molecule has 100 valence electrons. The third-order valence-corrected chi connectivity index (χ3v) is 3.38. The van der Waals surface area contributed by atoms with Crippen LogP contribution in [0.2, 0.25) is 0 Å². The number of rotatable bonds is 3. The summed E-state index contributed by atoms with van der Waals surface area (Å²) in [5.74, 6) is 0.525. The SMILES string of the molecule is CNC(=O)c1noc(-c2cnc(C3(N)CCC3)[nH]2)n1. The molecule has 1 fully saturated rings. The van der Waals surface area contributed by atoms with Crippen molar-refractivity contribution in [3.63, 3.8) is 0 Å². The molecule has 1 amide bonds. The van der Waals surface area contributed by atoms with Crippen molar-refractivity contribution in [3.05, 3.63) is 17.8 Å². The second-order valence-electron chi connectivity index (χ2n) is 4.66. The largest absolute Gasteiger partial charge is 0.352 e. The summed E-state index contributed by atoms with van der Waals surface area (Å²) in [5.41, 5.74) is 6.36. The van der Waals surface area contributed by atoms with Crippen LogP contribution in [0.3, 0.4) is 0 Å². The van der Waals surface area contributed by atoms with Crippen LogP contribution in [0.25, 0.3) is 11.6 Å². The summed E-state index contributed by atoms with van der Waals surface area (Å²) in [6.07, 6.45) is 4.51. The van der Waals surface area contributed by atoms with E-state index in [-0.39, 0.29) is 17.3 Å². The maximum absolute atomic E-state index is 11.3. The predicted molar refractivity (Wildman–Crippen MR) is 65.0 cm³/mol. The van der Waals surface area contributed by atoms with Gasteiger partial charge in [0.15, 0.2) is 0 Å². The van der Waals surface area contributed by atoms with Crippen LogP contribution >= 0.6 is 0 Å². The van der Waals surface area contributed by atoms with Crippen molar-refractivity contribution in [2.45, 2.75) is 24.8 Å². The average Bonchev–Trinajstić information content (AvgIpc) is 3.03. The van der Waals surface area contributed by atoms with Crippen LogP contribution in [0, 0.1) is 0 Å². The topological polar surface area (TPSA) is 123 Å². The van der Waals surface area contributed by atoms with Crippen LogP contribution in [-0.4, -0.2) is 33.1 Å². The van der Waals surface area contributed by atoms with Gasteiger partial charge in [-0.1, -0.05) is 5.16 Å². The fourth-order valence-corrected chi connectivity index (χ4v) is 2.01. The van der Waals surface area contributed by atoms with Crippen molar-refractivity contribution in [1.29, 1.82) is 0 Å². The number of imidazole rings is 1. The number of aromatic amines is 1. The Morgan fingerprint density at radius 2 is 2.37 bits per heavy atom. The highest BCUT2D eigenvalue weighted by Crippen LogP contribution is 2.37. The Morgan fingerprint density at radius 1 is 1.58 bits per heavy atom. The van der Waals surface area contributed by atoms with Crippen molar-refractivity contribution in [1.82, 2.24) is 25.4 Å². The molecule has 0 spiro atoms. The van der Waals surface area contributed by atoms with Gasteiger partial charge < -0.3 is 20.6 Å². The molecule has 2 heterocycles. The lowest BCUT2D eigenvalue weighted by molar-refractivity contribution is 0.0950. The minimum atomic E-state index is -0.399. The van der Waals surface area contributed by atoms with Gasteiger partial charge in [-0.05, 0) is 19.3 Å². The molecule has 8 nitrogen and oxygen atoms in total. The summed E-state index contributed by atoms with van der Waals surface area (Å²) in [6, 6.07) is 0. The lowest BCUT2D eigenvalue weighted by atomic mass is 9.77. The molecule has 0 aliphatic heterocycles. The molecule has 0 atom stereocenters. The van der Waals surface area contributed by atoms with E-state index in [2.05, 4.69) is 25.4 Å². The van der Waals surface area contributed by atoms with E-state index in [9.17, 15) is 4.79 Å². The van der Waals surface area contributed by atoms with Crippen LogP contribution < -0.4 is 11.1 Å². The first-order chi connectivity index (χ1) is 9.12. The number of hydrogen-bond donors (Lipinski definition) is 3. The Bertz CT molecular complexity index is 612. The lowest BCUT2D eigenvalue weighted by Gasteiger charge is -2.35. The second-order valence-corrected chi connectivity index (χ2v) is 4.66. The van der Waals surface area contributed by atoms with E-state index in [0.717, 1.165) is 19.3 Å². The number of carbonyl (C=O) groups excluding carboxylic acids is 1. The van der Waals surface area contributed by atoms with E-state index in [0.29, 0.717) is 11.5 Å². The number of aromatic nitrogens is 4. The first kappa shape index (κ1) is 11.8. The first-order valence-electron chi connectivity index (χ1n) is 6.03. The Labute approximate surface area is 108 Å². The van der Waals surface area contributed by atoms with Gasteiger partial charge in [-0.2, -0.15) is 4.98 Å². The van der Waals surface area contributed by atoms with E-state index in [1.807, 2.05) is 0 Å². The molecular weight excluding hydrogens is 248 g/mol. The summed E-state index contributed by atoms with van der Waals surface area (Å²) < 4.78 is 5.02. The Kier molecular flexibility index (Phi) is 2.59. The Balaban J connectivity index is 1.86. The normalized spacial score (nSPS) is 16.9. The summed E-state index contributed by atoms with van der Waals surface area (Å²) in [6.45, 7) is 0. The highest BCUT2D eigenvalue weighted by Gasteiger charge is 2.37. The fraction of sp³-hybridized carbons (Fsp3) is 0.455. The molecule has 1 saturated carbocycles. The smallest absolute Gasteiger partial charge is 0.292 e. The van der Waals surface area contributed by atoms with Gasteiger partial charge in [0.05, 0.1) is 11.7 Å². The summed E-state index contributed by atoms with van der Waals surface area (Å²) in [7, 11) is 1.50. The van der Waals surface area contributed by atoms with Crippen LogP contribution in [0.5, 0.6) is 0 Å².